The Morgan fingerprint density at radius 2 is 1.79 bits per heavy atom. The lowest BCUT2D eigenvalue weighted by Crippen LogP contribution is -2.58. The molecule has 3 fully saturated rings. The zero-order valence-electron chi connectivity index (χ0n) is 36.1. The lowest BCUT2D eigenvalue weighted by Gasteiger charge is -2.62. The van der Waals surface area contributed by atoms with Crippen LogP contribution in [0.15, 0.2) is 125 Å². The highest BCUT2D eigenvalue weighted by molar-refractivity contribution is 6.08. The molecule has 2 saturated heterocycles. The van der Waals surface area contributed by atoms with E-state index in [1.807, 2.05) is 32.3 Å². The fraction of sp³-hybridized carbons (Fsp3) is 0.434. The van der Waals surface area contributed by atoms with Crippen LogP contribution >= 0.6 is 0 Å². The standard InChI is InChI=1S/C53H59N3O6/c1-4-31(25-32-9-6-5-7-10-32)26-44-53-23-18-41-46(48(53)51(60)62-44)40-29-37(58)14-15-38(40)34-11-8-12-35(27-34)42(54-2)19-22-52(41)21-17-39-43(61-50(59)47(39)49(52)53)16-13-36(30-57)33-20-24-56-45(28-33)55-3/h5-12,14-16,19,22,26-27,29,31,33,36,41-42,45,49,54-58H,4,13,17-18,20-21,23-25,28,30H2,1-3H3/t31-,33-,36+,41+,42-,45-,49-,52-,53-/m0/s1. The normalized spacial score (nSPS) is 31.8. The van der Waals surface area contributed by atoms with Gasteiger partial charge in [-0.3, -0.25) is 0 Å². The number of aromatic hydroxyl groups is 1. The molecule has 0 aromatic heterocycles. The summed E-state index contributed by atoms with van der Waals surface area (Å²) in [6.45, 7) is 3.13. The fourth-order valence-corrected chi connectivity index (χ4v) is 12.9. The van der Waals surface area contributed by atoms with Gasteiger partial charge in [-0.05, 0) is 166 Å². The molecular formula is C53H59N3O6. The number of esters is 2. The number of carbonyl (C=O) groups excluding carboxylic acids is 2. The number of likely N-dealkylation sites (N-methyl/N-ethyl adjacent to an activating group) is 1. The first-order valence-electron chi connectivity index (χ1n) is 22.9. The molecule has 322 valence electrons. The van der Waals surface area contributed by atoms with Crippen molar-refractivity contribution in [1.82, 2.24) is 16.0 Å². The Morgan fingerprint density at radius 1 is 0.935 bits per heavy atom. The van der Waals surface area contributed by atoms with Crippen LogP contribution in [0.4, 0.5) is 0 Å². The summed E-state index contributed by atoms with van der Waals surface area (Å²) in [7, 11) is 3.94. The van der Waals surface area contributed by atoms with Crippen LogP contribution < -0.4 is 16.0 Å². The quantitative estimate of drug-likeness (QED) is 0.101. The molecule has 0 amide bonds. The first-order chi connectivity index (χ1) is 30.2. The van der Waals surface area contributed by atoms with E-state index in [4.69, 9.17) is 9.47 Å². The SMILES string of the molecule is CC[C@H](C=C1OC(=O)C2=C3c4cc(O)ccc4-c4cccc(c4)[C@@H](NC)C=C[C@]45CCC6=C(C(=O)OC6=CC[C@H](CO)[C@H]6CCN[C@H](NC)C6)[C@@H]4[C@@]12CC[C@H]35)Cc1ccccc1. The zero-order valence-corrected chi connectivity index (χ0v) is 36.1. The highest BCUT2D eigenvalue weighted by Gasteiger charge is 2.73. The van der Waals surface area contributed by atoms with Gasteiger partial charge in [-0.25, -0.2) is 9.59 Å². The summed E-state index contributed by atoms with van der Waals surface area (Å²) < 4.78 is 13.1. The first kappa shape index (κ1) is 41.0. The van der Waals surface area contributed by atoms with E-state index in [2.05, 4.69) is 95.7 Å². The van der Waals surface area contributed by atoms with E-state index >= 15 is 4.79 Å². The third-order valence-electron chi connectivity index (χ3n) is 15.9. The summed E-state index contributed by atoms with van der Waals surface area (Å²) in [4.78, 5) is 29.9. The van der Waals surface area contributed by atoms with Crippen LogP contribution in [0.3, 0.4) is 0 Å². The topological polar surface area (TPSA) is 129 Å². The van der Waals surface area contributed by atoms with Crippen molar-refractivity contribution in [2.24, 2.45) is 40.4 Å². The Hall–Kier alpha value is -5.06. The van der Waals surface area contributed by atoms with Gasteiger partial charge in [-0.15, -0.1) is 0 Å². The van der Waals surface area contributed by atoms with Crippen LogP contribution in [-0.2, 0) is 25.5 Å². The minimum Gasteiger partial charge on any atom is -0.508 e. The van der Waals surface area contributed by atoms with E-state index in [1.54, 1.807) is 6.07 Å². The Labute approximate surface area is 365 Å². The number of cyclic esters (lactones) is 2. The van der Waals surface area contributed by atoms with Gasteiger partial charge in [-0.1, -0.05) is 73.7 Å². The predicted octanol–water partition coefficient (Wildman–Crippen LogP) is 8.44. The minimum absolute atomic E-state index is 0.0316. The summed E-state index contributed by atoms with van der Waals surface area (Å²) in [5.74, 6) is 0.523. The van der Waals surface area contributed by atoms with Gasteiger partial charge in [0.05, 0.1) is 23.2 Å². The Bertz CT molecular complexity index is 2450. The van der Waals surface area contributed by atoms with E-state index in [9.17, 15) is 15.0 Å². The fourth-order valence-electron chi connectivity index (χ4n) is 12.9. The number of phenols is 1. The van der Waals surface area contributed by atoms with Gasteiger partial charge in [0.2, 0.25) is 0 Å². The molecular weight excluding hydrogens is 775 g/mol. The molecule has 3 heterocycles. The maximum absolute atomic E-state index is 15.0. The van der Waals surface area contributed by atoms with Crippen molar-refractivity contribution in [3.8, 4) is 16.9 Å². The van der Waals surface area contributed by atoms with Gasteiger partial charge in [0.1, 0.15) is 17.3 Å². The number of phenolic OH excluding ortho intramolecular Hbond substituents is 1. The lowest BCUT2D eigenvalue weighted by molar-refractivity contribution is -0.135. The second-order valence-electron chi connectivity index (χ2n) is 18.8. The molecule has 2 spiro atoms. The first-order valence-corrected chi connectivity index (χ1v) is 22.9. The Kier molecular flexibility index (Phi) is 10.7. The molecule has 9 heteroatoms. The van der Waals surface area contributed by atoms with Crippen LogP contribution in [0.5, 0.6) is 5.75 Å². The molecule has 3 aromatic rings. The third kappa shape index (κ3) is 6.49. The van der Waals surface area contributed by atoms with Crippen molar-refractivity contribution in [2.45, 2.75) is 76.9 Å². The largest absolute Gasteiger partial charge is 0.508 e. The van der Waals surface area contributed by atoms with Crippen molar-refractivity contribution in [2.75, 3.05) is 27.2 Å². The molecule has 5 aliphatic carbocycles. The number of fused-ring (bicyclic) bond motifs is 5. The van der Waals surface area contributed by atoms with Gasteiger partial charge in [0.15, 0.2) is 0 Å². The number of benzene rings is 3. The Balaban J connectivity index is 1.20. The molecule has 0 unspecified atom stereocenters. The van der Waals surface area contributed by atoms with E-state index in [1.165, 1.54) is 5.56 Å². The molecule has 6 bridgehead atoms. The van der Waals surface area contributed by atoms with E-state index in [0.717, 1.165) is 78.5 Å². The molecule has 3 aliphatic heterocycles. The van der Waals surface area contributed by atoms with Gasteiger partial charge >= 0.3 is 11.9 Å². The number of nitrogens with one attached hydrogen (secondary N) is 3. The van der Waals surface area contributed by atoms with E-state index in [-0.39, 0.29) is 54.3 Å². The highest BCUT2D eigenvalue weighted by Crippen LogP contribution is 2.77. The lowest BCUT2D eigenvalue weighted by atomic mass is 9.38. The summed E-state index contributed by atoms with van der Waals surface area (Å²) in [5.41, 5.74) is 6.71. The van der Waals surface area contributed by atoms with Crippen LogP contribution in [0.1, 0.15) is 81.0 Å². The van der Waals surface area contributed by atoms with Crippen LogP contribution in [0.2, 0.25) is 0 Å². The number of aliphatic hydroxyl groups is 1. The third-order valence-corrected chi connectivity index (χ3v) is 15.9. The molecule has 8 aliphatic rings. The van der Waals surface area contributed by atoms with Crippen LogP contribution in [0, 0.1) is 40.4 Å². The predicted molar refractivity (Wildman–Crippen MR) is 240 cm³/mol. The summed E-state index contributed by atoms with van der Waals surface area (Å²) in [6, 6.07) is 24.4. The van der Waals surface area contributed by atoms with Gasteiger partial charge in [0, 0.05) is 29.1 Å². The molecule has 3 aromatic carbocycles. The number of aliphatic hydroxyl groups excluding tert-OH is 1. The van der Waals surface area contributed by atoms with Crippen molar-refractivity contribution in [3.63, 3.8) is 0 Å². The van der Waals surface area contributed by atoms with Gasteiger partial charge < -0.3 is 35.6 Å². The summed E-state index contributed by atoms with van der Waals surface area (Å²) in [6.07, 6.45) is 16.1. The van der Waals surface area contributed by atoms with Crippen LogP contribution in [0.25, 0.3) is 16.7 Å². The number of rotatable bonds is 10. The molecule has 9 nitrogen and oxygen atoms in total. The number of allylic oxidation sites excluding steroid dienone is 6. The highest BCUT2D eigenvalue weighted by atomic mass is 16.6. The monoisotopic (exact) mass is 833 g/mol. The maximum atomic E-state index is 15.0. The van der Waals surface area contributed by atoms with Gasteiger partial charge in [-0.2, -0.15) is 0 Å². The zero-order chi connectivity index (χ0) is 42.8. The van der Waals surface area contributed by atoms with Gasteiger partial charge in [0.25, 0.3) is 0 Å². The van der Waals surface area contributed by atoms with E-state index < -0.39 is 16.7 Å². The number of carbonyl (C=O) groups is 2. The molecule has 5 N–H and O–H groups in total. The molecule has 62 heavy (non-hydrogen) atoms. The van der Waals surface area contributed by atoms with E-state index in [0.29, 0.717) is 47.8 Å². The van der Waals surface area contributed by atoms with Crippen LogP contribution in [-0.4, -0.2) is 55.6 Å². The molecule has 0 radical (unpaired) electrons. The molecule has 9 atom stereocenters. The van der Waals surface area contributed by atoms with Crippen molar-refractivity contribution >= 4 is 17.5 Å². The van der Waals surface area contributed by atoms with Crippen molar-refractivity contribution in [3.05, 3.63) is 142 Å². The molecule has 1 saturated carbocycles. The second-order valence-corrected chi connectivity index (χ2v) is 18.8. The minimum atomic E-state index is -0.958. The smallest absolute Gasteiger partial charge is 0.340 e. The van der Waals surface area contributed by atoms with Crippen molar-refractivity contribution in [1.29, 1.82) is 0 Å². The number of ether oxygens (including phenoxy) is 2. The molecule has 11 rings (SSSR count). The van der Waals surface area contributed by atoms with Crippen molar-refractivity contribution < 1.29 is 29.3 Å². The average molecular weight is 834 g/mol. The average Bonchev–Trinajstić information content (AvgIpc) is 3.78. The maximum Gasteiger partial charge on any atom is 0.340 e. The Morgan fingerprint density at radius 3 is 2.58 bits per heavy atom. The number of hydrogen-bond donors (Lipinski definition) is 5. The summed E-state index contributed by atoms with van der Waals surface area (Å²) >= 11 is 0. The second kappa shape index (κ2) is 16.2. The summed E-state index contributed by atoms with van der Waals surface area (Å²) in [5, 5.41) is 32.4. The number of piperidine rings is 1. The number of hydrogen-bond acceptors (Lipinski definition) is 9.